The number of carbonyl (C=O) groups is 1. The maximum Gasteiger partial charge on any atom is 0.247 e. The Morgan fingerprint density at radius 3 is 2.59 bits per heavy atom. The molecule has 0 spiro atoms. The van der Waals surface area contributed by atoms with Crippen LogP contribution in [0.4, 0.5) is 5.13 Å². The zero-order valence-electron chi connectivity index (χ0n) is 11.6. The number of aromatic nitrogens is 2. The van der Waals surface area contributed by atoms with Gasteiger partial charge in [-0.15, -0.1) is 11.3 Å². The van der Waals surface area contributed by atoms with Crippen molar-refractivity contribution in [3.05, 3.63) is 65.8 Å². The van der Waals surface area contributed by atoms with E-state index in [1.54, 1.807) is 12.4 Å². The van der Waals surface area contributed by atoms with E-state index in [1.165, 1.54) is 11.3 Å². The van der Waals surface area contributed by atoms with Gasteiger partial charge in [0, 0.05) is 23.3 Å². The second kappa shape index (κ2) is 6.46. The van der Waals surface area contributed by atoms with Crippen molar-refractivity contribution < 1.29 is 4.79 Å². The number of rotatable bonds is 4. The van der Waals surface area contributed by atoms with Gasteiger partial charge in [0.2, 0.25) is 5.91 Å². The van der Waals surface area contributed by atoms with Crippen LogP contribution in [0, 0.1) is 0 Å². The molecule has 5 nitrogen and oxygen atoms in total. The lowest BCUT2D eigenvalue weighted by Crippen LogP contribution is -2.27. The standard InChI is InChI=1S/C16H14N4OS/c17-14(12-4-2-1-3-5-12)15(21)20-16-19-13(10-22-16)11-6-8-18-9-7-11/h1-10,14H,17H2,(H,19,20,21). The molecule has 0 saturated carbocycles. The van der Waals surface area contributed by atoms with Gasteiger partial charge in [-0.25, -0.2) is 4.98 Å². The minimum absolute atomic E-state index is 0.276. The Labute approximate surface area is 131 Å². The summed E-state index contributed by atoms with van der Waals surface area (Å²) in [6.45, 7) is 0. The van der Waals surface area contributed by atoms with Crippen LogP contribution in [0.15, 0.2) is 60.2 Å². The fraction of sp³-hybridized carbons (Fsp3) is 0.0625. The lowest BCUT2D eigenvalue weighted by Gasteiger charge is -2.10. The van der Waals surface area contributed by atoms with E-state index in [4.69, 9.17) is 5.73 Å². The van der Waals surface area contributed by atoms with Crippen LogP contribution in [0.3, 0.4) is 0 Å². The lowest BCUT2D eigenvalue weighted by atomic mass is 10.1. The van der Waals surface area contributed by atoms with Gasteiger partial charge in [0.15, 0.2) is 5.13 Å². The van der Waals surface area contributed by atoms with Gasteiger partial charge in [-0.2, -0.15) is 0 Å². The number of hydrogen-bond acceptors (Lipinski definition) is 5. The second-order valence-electron chi connectivity index (χ2n) is 4.65. The van der Waals surface area contributed by atoms with Crippen molar-refractivity contribution in [2.45, 2.75) is 6.04 Å². The first kappa shape index (κ1) is 14.4. The maximum atomic E-state index is 12.2. The molecule has 2 heterocycles. The molecule has 1 amide bonds. The van der Waals surface area contributed by atoms with Gasteiger partial charge in [0.25, 0.3) is 0 Å². The van der Waals surface area contributed by atoms with Crippen molar-refractivity contribution >= 4 is 22.4 Å². The summed E-state index contributed by atoms with van der Waals surface area (Å²) in [5.41, 5.74) is 8.49. The quantitative estimate of drug-likeness (QED) is 0.776. The van der Waals surface area contributed by atoms with Crippen molar-refractivity contribution in [2.75, 3.05) is 5.32 Å². The normalized spacial score (nSPS) is 11.9. The van der Waals surface area contributed by atoms with Gasteiger partial charge in [-0.05, 0) is 17.7 Å². The molecule has 1 aromatic carbocycles. The molecule has 1 unspecified atom stereocenters. The molecule has 6 heteroatoms. The summed E-state index contributed by atoms with van der Waals surface area (Å²) in [6.07, 6.45) is 3.41. The van der Waals surface area contributed by atoms with E-state index in [1.807, 2.05) is 47.8 Å². The zero-order chi connectivity index (χ0) is 15.4. The summed E-state index contributed by atoms with van der Waals surface area (Å²) in [5.74, 6) is -0.276. The Morgan fingerprint density at radius 1 is 1.14 bits per heavy atom. The summed E-state index contributed by atoms with van der Waals surface area (Å²) in [6, 6.07) is 12.3. The first-order valence-corrected chi connectivity index (χ1v) is 7.59. The first-order chi connectivity index (χ1) is 10.7. The van der Waals surface area contributed by atoms with Crippen LogP contribution < -0.4 is 11.1 Å². The number of nitrogens with two attached hydrogens (primary N) is 1. The number of nitrogens with one attached hydrogen (secondary N) is 1. The third-order valence-corrected chi connectivity index (χ3v) is 3.91. The summed E-state index contributed by atoms with van der Waals surface area (Å²) < 4.78 is 0. The number of carbonyl (C=O) groups excluding carboxylic acids is 1. The number of benzene rings is 1. The molecule has 0 fully saturated rings. The highest BCUT2D eigenvalue weighted by Crippen LogP contribution is 2.25. The van der Waals surface area contributed by atoms with Crippen LogP contribution in [-0.4, -0.2) is 15.9 Å². The molecule has 0 aliphatic heterocycles. The molecule has 3 aromatic rings. The van der Waals surface area contributed by atoms with E-state index in [0.717, 1.165) is 16.8 Å². The number of amides is 1. The largest absolute Gasteiger partial charge is 0.316 e. The summed E-state index contributed by atoms with van der Waals surface area (Å²) >= 11 is 1.37. The van der Waals surface area contributed by atoms with Gasteiger partial charge in [-0.1, -0.05) is 30.3 Å². The van der Waals surface area contributed by atoms with Crippen LogP contribution in [0.1, 0.15) is 11.6 Å². The van der Waals surface area contributed by atoms with Gasteiger partial charge in [0.05, 0.1) is 5.69 Å². The molecule has 1 atom stereocenters. The number of nitrogens with zero attached hydrogens (tertiary/aromatic N) is 2. The molecule has 0 bridgehead atoms. The average Bonchev–Trinajstić information content (AvgIpc) is 3.04. The van der Waals surface area contributed by atoms with E-state index in [0.29, 0.717) is 5.13 Å². The van der Waals surface area contributed by atoms with Crippen LogP contribution in [-0.2, 0) is 4.79 Å². The van der Waals surface area contributed by atoms with E-state index in [2.05, 4.69) is 15.3 Å². The Hall–Kier alpha value is -2.57. The van der Waals surface area contributed by atoms with Gasteiger partial charge in [-0.3, -0.25) is 9.78 Å². The second-order valence-corrected chi connectivity index (χ2v) is 5.51. The van der Waals surface area contributed by atoms with Crippen molar-refractivity contribution in [1.29, 1.82) is 0 Å². The average molecular weight is 310 g/mol. The number of thiazole rings is 1. The van der Waals surface area contributed by atoms with E-state index < -0.39 is 6.04 Å². The van der Waals surface area contributed by atoms with Crippen molar-refractivity contribution in [3.63, 3.8) is 0 Å². The molecule has 22 heavy (non-hydrogen) atoms. The minimum atomic E-state index is -0.713. The van der Waals surface area contributed by atoms with Gasteiger partial charge >= 0.3 is 0 Å². The van der Waals surface area contributed by atoms with Crippen LogP contribution in [0.25, 0.3) is 11.3 Å². The van der Waals surface area contributed by atoms with Crippen molar-refractivity contribution in [2.24, 2.45) is 5.73 Å². The lowest BCUT2D eigenvalue weighted by molar-refractivity contribution is -0.117. The Balaban J connectivity index is 1.71. The number of hydrogen-bond donors (Lipinski definition) is 2. The van der Waals surface area contributed by atoms with Crippen molar-refractivity contribution in [3.8, 4) is 11.3 Å². The van der Waals surface area contributed by atoms with Crippen LogP contribution in [0.2, 0.25) is 0 Å². The smallest absolute Gasteiger partial charge is 0.247 e. The van der Waals surface area contributed by atoms with E-state index in [9.17, 15) is 4.79 Å². The fourth-order valence-corrected chi connectivity index (χ4v) is 2.70. The molecule has 3 rings (SSSR count). The molecular formula is C16H14N4OS. The number of anilines is 1. The highest BCUT2D eigenvalue weighted by molar-refractivity contribution is 7.14. The molecule has 0 saturated heterocycles. The Kier molecular flexibility index (Phi) is 4.22. The zero-order valence-corrected chi connectivity index (χ0v) is 12.5. The molecular weight excluding hydrogens is 296 g/mol. The Bertz CT molecular complexity index is 758. The van der Waals surface area contributed by atoms with Crippen molar-refractivity contribution in [1.82, 2.24) is 9.97 Å². The molecule has 2 aromatic heterocycles. The molecule has 0 radical (unpaired) electrons. The van der Waals surface area contributed by atoms with E-state index >= 15 is 0 Å². The topological polar surface area (TPSA) is 80.9 Å². The van der Waals surface area contributed by atoms with Crippen LogP contribution >= 0.6 is 11.3 Å². The summed E-state index contributed by atoms with van der Waals surface area (Å²) in [4.78, 5) is 20.6. The maximum absolute atomic E-state index is 12.2. The number of pyridine rings is 1. The monoisotopic (exact) mass is 310 g/mol. The first-order valence-electron chi connectivity index (χ1n) is 6.71. The van der Waals surface area contributed by atoms with Gasteiger partial charge < -0.3 is 11.1 Å². The summed E-state index contributed by atoms with van der Waals surface area (Å²) in [7, 11) is 0. The molecule has 0 aliphatic carbocycles. The molecule has 0 aliphatic rings. The minimum Gasteiger partial charge on any atom is -0.316 e. The SMILES string of the molecule is NC(C(=O)Nc1nc(-c2ccncc2)cs1)c1ccccc1. The highest BCUT2D eigenvalue weighted by atomic mass is 32.1. The molecule has 110 valence electrons. The van der Waals surface area contributed by atoms with Gasteiger partial charge in [0.1, 0.15) is 6.04 Å². The third kappa shape index (κ3) is 3.19. The van der Waals surface area contributed by atoms with E-state index in [-0.39, 0.29) is 5.91 Å². The third-order valence-electron chi connectivity index (χ3n) is 3.15. The molecule has 3 N–H and O–H groups in total. The predicted molar refractivity (Wildman–Crippen MR) is 87.3 cm³/mol. The van der Waals surface area contributed by atoms with Crippen LogP contribution in [0.5, 0.6) is 0 Å². The highest BCUT2D eigenvalue weighted by Gasteiger charge is 2.17. The summed E-state index contributed by atoms with van der Waals surface area (Å²) in [5, 5.41) is 5.18. The fourth-order valence-electron chi connectivity index (χ4n) is 1.98. The Morgan fingerprint density at radius 2 is 1.86 bits per heavy atom. The predicted octanol–water partition coefficient (Wildman–Crippen LogP) is 2.84.